The van der Waals surface area contributed by atoms with Gasteiger partial charge in [-0.25, -0.2) is 0 Å². The van der Waals surface area contributed by atoms with Crippen molar-refractivity contribution in [3.8, 4) is 0 Å². The molecule has 3 nitrogen and oxygen atoms in total. The van der Waals surface area contributed by atoms with Crippen LogP contribution in [0.25, 0.3) is 0 Å². The molecule has 0 bridgehead atoms. The quantitative estimate of drug-likeness (QED) is 0.845. The summed E-state index contributed by atoms with van der Waals surface area (Å²) in [5.74, 6) is 0.0224. The first-order valence-electron chi connectivity index (χ1n) is 7.50. The molecule has 0 N–H and O–H groups in total. The van der Waals surface area contributed by atoms with E-state index < -0.39 is 0 Å². The average Bonchev–Trinajstić information content (AvgIpc) is 2.56. The van der Waals surface area contributed by atoms with E-state index in [1.165, 1.54) is 11.3 Å². The number of hydrogen-bond acceptors (Lipinski definition) is 2. The van der Waals surface area contributed by atoms with Crippen molar-refractivity contribution in [1.29, 1.82) is 0 Å². The molecule has 1 fully saturated rings. The van der Waals surface area contributed by atoms with Crippen LogP contribution in [0, 0.1) is 6.92 Å². The molecule has 114 valence electrons. The first-order valence-corrected chi connectivity index (χ1v) is 7.88. The molecular weight excluding hydrogens is 296 g/mol. The van der Waals surface area contributed by atoms with Gasteiger partial charge in [0.1, 0.15) is 0 Å². The number of nitrogens with zero attached hydrogens (tertiary/aromatic N) is 2. The van der Waals surface area contributed by atoms with Gasteiger partial charge in [0, 0.05) is 31.9 Å². The lowest BCUT2D eigenvalue weighted by atomic mass is 10.1. The number of benzene rings is 2. The Morgan fingerprint density at radius 2 is 1.59 bits per heavy atom. The van der Waals surface area contributed by atoms with Gasteiger partial charge in [-0.1, -0.05) is 41.4 Å². The highest BCUT2D eigenvalue weighted by Gasteiger charge is 2.23. The summed E-state index contributed by atoms with van der Waals surface area (Å²) in [4.78, 5) is 16.7. The molecule has 22 heavy (non-hydrogen) atoms. The molecule has 4 heteroatoms. The van der Waals surface area contributed by atoms with Crippen LogP contribution in [0.5, 0.6) is 0 Å². The minimum absolute atomic E-state index is 0.0224. The first-order chi connectivity index (χ1) is 10.6. The van der Waals surface area contributed by atoms with E-state index in [4.69, 9.17) is 11.6 Å². The van der Waals surface area contributed by atoms with E-state index in [1.807, 2.05) is 17.0 Å². The Morgan fingerprint density at radius 3 is 2.23 bits per heavy atom. The van der Waals surface area contributed by atoms with Gasteiger partial charge in [0.2, 0.25) is 0 Å². The van der Waals surface area contributed by atoms with E-state index in [2.05, 4.69) is 36.1 Å². The summed E-state index contributed by atoms with van der Waals surface area (Å²) >= 11 is 6.12. The second kappa shape index (κ2) is 6.41. The number of amides is 1. The van der Waals surface area contributed by atoms with Crippen molar-refractivity contribution in [2.24, 2.45) is 0 Å². The smallest absolute Gasteiger partial charge is 0.255 e. The van der Waals surface area contributed by atoms with Gasteiger partial charge < -0.3 is 9.80 Å². The summed E-state index contributed by atoms with van der Waals surface area (Å²) in [5, 5.41) is 0.522. The number of anilines is 1. The Morgan fingerprint density at radius 1 is 0.955 bits per heavy atom. The minimum Gasteiger partial charge on any atom is -0.368 e. The third-order valence-electron chi connectivity index (χ3n) is 4.07. The van der Waals surface area contributed by atoms with Crippen LogP contribution in [-0.2, 0) is 0 Å². The fraction of sp³-hybridized carbons (Fsp3) is 0.278. The van der Waals surface area contributed by atoms with Crippen LogP contribution < -0.4 is 4.90 Å². The SMILES string of the molecule is Cc1ccc(N2CCN(C(=O)c3ccccc3Cl)CC2)cc1. The fourth-order valence-electron chi connectivity index (χ4n) is 2.73. The van der Waals surface area contributed by atoms with E-state index in [-0.39, 0.29) is 5.91 Å². The molecule has 0 radical (unpaired) electrons. The number of rotatable bonds is 2. The van der Waals surface area contributed by atoms with Crippen molar-refractivity contribution in [1.82, 2.24) is 4.90 Å². The average molecular weight is 315 g/mol. The Hall–Kier alpha value is -2.00. The zero-order valence-corrected chi connectivity index (χ0v) is 13.4. The summed E-state index contributed by atoms with van der Waals surface area (Å²) in [6.07, 6.45) is 0. The maximum Gasteiger partial charge on any atom is 0.255 e. The van der Waals surface area contributed by atoms with Gasteiger partial charge in [-0.05, 0) is 31.2 Å². The highest BCUT2D eigenvalue weighted by atomic mass is 35.5. The molecule has 2 aromatic carbocycles. The Bertz CT molecular complexity index is 661. The lowest BCUT2D eigenvalue weighted by molar-refractivity contribution is 0.0747. The predicted molar refractivity (Wildman–Crippen MR) is 90.7 cm³/mol. The van der Waals surface area contributed by atoms with Crippen molar-refractivity contribution >= 4 is 23.2 Å². The molecule has 1 aliphatic heterocycles. The summed E-state index contributed by atoms with van der Waals surface area (Å²) in [5.41, 5.74) is 3.07. The normalized spacial score (nSPS) is 15.0. The lowest BCUT2D eigenvalue weighted by Gasteiger charge is -2.36. The zero-order valence-electron chi connectivity index (χ0n) is 12.6. The van der Waals surface area contributed by atoms with Crippen LogP contribution in [0.1, 0.15) is 15.9 Å². The van der Waals surface area contributed by atoms with E-state index >= 15 is 0 Å². The van der Waals surface area contributed by atoms with E-state index in [9.17, 15) is 4.79 Å². The number of hydrogen-bond donors (Lipinski definition) is 0. The van der Waals surface area contributed by atoms with Crippen LogP contribution in [-0.4, -0.2) is 37.0 Å². The molecule has 0 unspecified atom stereocenters. The highest BCUT2D eigenvalue weighted by Crippen LogP contribution is 2.20. The number of piperazine rings is 1. The van der Waals surface area contributed by atoms with Crippen LogP contribution in [0.3, 0.4) is 0 Å². The second-order valence-corrected chi connectivity index (χ2v) is 6.00. The van der Waals surface area contributed by atoms with Crippen LogP contribution >= 0.6 is 11.6 Å². The maximum atomic E-state index is 12.5. The zero-order chi connectivity index (χ0) is 15.5. The molecule has 0 aromatic heterocycles. The standard InChI is InChI=1S/C18H19ClN2O/c1-14-6-8-15(9-7-14)20-10-12-21(13-11-20)18(22)16-4-2-3-5-17(16)19/h2-9H,10-13H2,1H3. The van der Waals surface area contributed by atoms with Crippen molar-refractivity contribution in [2.45, 2.75) is 6.92 Å². The summed E-state index contributed by atoms with van der Waals surface area (Å²) in [6, 6.07) is 15.8. The van der Waals surface area contributed by atoms with Gasteiger partial charge >= 0.3 is 0 Å². The number of halogens is 1. The van der Waals surface area contributed by atoms with Crippen molar-refractivity contribution < 1.29 is 4.79 Å². The largest absolute Gasteiger partial charge is 0.368 e. The summed E-state index contributed by atoms with van der Waals surface area (Å²) in [7, 11) is 0. The third kappa shape index (κ3) is 3.09. The fourth-order valence-corrected chi connectivity index (χ4v) is 2.94. The molecule has 0 aliphatic carbocycles. The Kier molecular flexibility index (Phi) is 4.34. The molecule has 0 atom stereocenters. The minimum atomic E-state index is 0.0224. The van der Waals surface area contributed by atoms with Gasteiger partial charge in [-0.15, -0.1) is 0 Å². The maximum absolute atomic E-state index is 12.5. The van der Waals surface area contributed by atoms with Crippen LogP contribution in [0.15, 0.2) is 48.5 Å². The molecule has 1 heterocycles. The number of aryl methyl sites for hydroxylation is 1. The monoisotopic (exact) mass is 314 g/mol. The number of carbonyl (C=O) groups excluding carboxylic acids is 1. The van der Waals surface area contributed by atoms with Crippen molar-refractivity contribution in [3.63, 3.8) is 0 Å². The number of carbonyl (C=O) groups is 1. The molecule has 2 aromatic rings. The summed E-state index contributed by atoms with van der Waals surface area (Å²) in [6.45, 7) is 5.22. The van der Waals surface area contributed by atoms with Gasteiger partial charge in [0.05, 0.1) is 10.6 Å². The molecule has 0 spiro atoms. The van der Waals surface area contributed by atoms with Crippen LogP contribution in [0.2, 0.25) is 5.02 Å². The Labute approximate surface area is 136 Å². The molecule has 3 rings (SSSR count). The topological polar surface area (TPSA) is 23.6 Å². The molecule has 0 saturated carbocycles. The molecule has 1 amide bonds. The van der Waals surface area contributed by atoms with Crippen LogP contribution in [0.4, 0.5) is 5.69 Å². The van der Waals surface area contributed by atoms with E-state index in [0.717, 1.165) is 26.2 Å². The van der Waals surface area contributed by atoms with Crippen molar-refractivity contribution in [2.75, 3.05) is 31.1 Å². The Balaban J connectivity index is 1.65. The first kappa shape index (κ1) is 14.9. The van der Waals surface area contributed by atoms with E-state index in [0.29, 0.717) is 10.6 Å². The molecule has 1 saturated heterocycles. The predicted octanol–water partition coefficient (Wildman–Crippen LogP) is 3.61. The lowest BCUT2D eigenvalue weighted by Crippen LogP contribution is -2.48. The molecule has 1 aliphatic rings. The molecular formula is C18H19ClN2O. The van der Waals surface area contributed by atoms with Gasteiger partial charge in [0.15, 0.2) is 0 Å². The van der Waals surface area contributed by atoms with Gasteiger partial charge in [-0.2, -0.15) is 0 Å². The highest BCUT2D eigenvalue weighted by molar-refractivity contribution is 6.33. The third-order valence-corrected chi connectivity index (χ3v) is 4.40. The van der Waals surface area contributed by atoms with E-state index in [1.54, 1.807) is 12.1 Å². The summed E-state index contributed by atoms with van der Waals surface area (Å²) < 4.78 is 0. The van der Waals surface area contributed by atoms with Crippen molar-refractivity contribution in [3.05, 3.63) is 64.7 Å². The second-order valence-electron chi connectivity index (χ2n) is 5.59. The van der Waals surface area contributed by atoms with Gasteiger partial charge in [0.25, 0.3) is 5.91 Å². The van der Waals surface area contributed by atoms with Gasteiger partial charge in [-0.3, -0.25) is 4.79 Å².